The summed E-state index contributed by atoms with van der Waals surface area (Å²) >= 11 is 1.07. The Bertz CT molecular complexity index is 613. The van der Waals surface area contributed by atoms with Crippen LogP contribution in [-0.4, -0.2) is 65.2 Å². The highest BCUT2D eigenvalue weighted by Gasteiger charge is 2.33. The van der Waals surface area contributed by atoms with Gasteiger partial charge in [-0.25, -0.2) is 8.42 Å². The van der Waals surface area contributed by atoms with Gasteiger partial charge in [-0.2, -0.15) is 0 Å². The SMILES string of the molecule is COCCn1c(SCC(=O)O)nnc1C1CCS(=O)(=O)C1. The maximum atomic E-state index is 11.6. The Morgan fingerprint density at radius 2 is 2.29 bits per heavy atom. The topological polar surface area (TPSA) is 111 Å². The lowest BCUT2D eigenvalue weighted by molar-refractivity contribution is -0.133. The first kappa shape index (κ1) is 16.2. The Balaban J connectivity index is 2.21. The summed E-state index contributed by atoms with van der Waals surface area (Å²) in [6, 6.07) is 0. The zero-order chi connectivity index (χ0) is 15.5. The van der Waals surface area contributed by atoms with E-state index in [2.05, 4.69) is 10.2 Å². The van der Waals surface area contributed by atoms with E-state index in [1.54, 1.807) is 11.7 Å². The number of ether oxygens (including phenoxy) is 1. The number of carboxylic acid groups (broad SMARTS) is 1. The Hall–Kier alpha value is -1.13. The van der Waals surface area contributed by atoms with Crippen molar-refractivity contribution in [2.75, 3.05) is 31.0 Å². The van der Waals surface area contributed by atoms with Crippen LogP contribution < -0.4 is 0 Å². The fourth-order valence-electron chi connectivity index (χ4n) is 2.23. The van der Waals surface area contributed by atoms with Gasteiger partial charge in [0.2, 0.25) is 0 Å². The predicted octanol–water partition coefficient (Wildman–Crippen LogP) is 0.00330. The molecule has 1 unspecified atom stereocenters. The molecule has 1 aliphatic rings. The Morgan fingerprint density at radius 1 is 1.52 bits per heavy atom. The van der Waals surface area contributed by atoms with E-state index in [9.17, 15) is 13.2 Å². The minimum Gasteiger partial charge on any atom is -0.481 e. The number of thioether (sulfide) groups is 1. The number of rotatable bonds is 7. The molecule has 0 bridgehead atoms. The molecule has 1 aromatic heterocycles. The van der Waals surface area contributed by atoms with Gasteiger partial charge in [0.1, 0.15) is 5.82 Å². The lowest BCUT2D eigenvalue weighted by atomic mass is 10.1. The molecular weight excluding hydrogens is 318 g/mol. The lowest BCUT2D eigenvalue weighted by Crippen LogP contribution is -2.14. The molecule has 1 fully saturated rings. The van der Waals surface area contributed by atoms with Gasteiger partial charge in [0.25, 0.3) is 0 Å². The van der Waals surface area contributed by atoms with Crippen molar-refractivity contribution in [2.24, 2.45) is 0 Å². The van der Waals surface area contributed by atoms with E-state index in [0.29, 0.717) is 30.6 Å². The number of aliphatic carboxylic acids is 1. The number of hydrogen-bond donors (Lipinski definition) is 1. The molecule has 1 N–H and O–H groups in total. The van der Waals surface area contributed by atoms with Gasteiger partial charge in [0, 0.05) is 19.6 Å². The van der Waals surface area contributed by atoms with Gasteiger partial charge in [-0.1, -0.05) is 11.8 Å². The van der Waals surface area contributed by atoms with Gasteiger partial charge in [-0.3, -0.25) is 4.79 Å². The normalized spacial score (nSPS) is 20.7. The number of hydrogen-bond acceptors (Lipinski definition) is 7. The van der Waals surface area contributed by atoms with E-state index in [0.717, 1.165) is 11.8 Å². The Kier molecular flexibility index (Phi) is 5.22. The fraction of sp³-hybridized carbons (Fsp3) is 0.727. The smallest absolute Gasteiger partial charge is 0.313 e. The summed E-state index contributed by atoms with van der Waals surface area (Å²) in [7, 11) is -1.45. The molecule has 0 aromatic carbocycles. The summed E-state index contributed by atoms with van der Waals surface area (Å²) in [5.41, 5.74) is 0. The molecule has 0 aliphatic carbocycles. The highest BCUT2D eigenvalue weighted by Crippen LogP contribution is 2.30. The molecule has 1 saturated heterocycles. The van der Waals surface area contributed by atoms with Gasteiger partial charge in [-0.15, -0.1) is 10.2 Å². The minimum absolute atomic E-state index is 0.0711. The van der Waals surface area contributed by atoms with E-state index in [1.807, 2.05) is 0 Å². The van der Waals surface area contributed by atoms with Crippen LogP contribution in [-0.2, 0) is 25.9 Å². The number of carboxylic acids is 1. The summed E-state index contributed by atoms with van der Waals surface area (Å²) in [5, 5.41) is 17.3. The molecule has 118 valence electrons. The van der Waals surface area contributed by atoms with Crippen LogP contribution in [0.15, 0.2) is 5.16 Å². The second-order valence-electron chi connectivity index (χ2n) is 4.77. The van der Waals surface area contributed by atoms with Gasteiger partial charge in [0.15, 0.2) is 15.0 Å². The summed E-state index contributed by atoms with van der Waals surface area (Å²) < 4.78 is 30.0. The lowest BCUT2D eigenvalue weighted by Gasteiger charge is -2.12. The minimum atomic E-state index is -3.01. The molecule has 0 amide bonds. The zero-order valence-corrected chi connectivity index (χ0v) is 13.2. The standard InChI is InChI=1S/C11H17N3O5S2/c1-19-4-3-14-10(8-2-5-21(17,18)7-8)12-13-11(14)20-6-9(15)16/h8H,2-7H2,1H3,(H,15,16). The van der Waals surface area contributed by atoms with Crippen LogP contribution in [0.25, 0.3) is 0 Å². The van der Waals surface area contributed by atoms with Crippen LogP contribution in [0.2, 0.25) is 0 Å². The van der Waals surface area contributed by atoms with E-state index in [1.165, 1.54) is 0 Å². The average Bonchev–Trinajstić information content (AvgIpc) is 2.96. The number of aromatic nitrogens is 3. The van der Waals surface area contributed by atoms with Gasteiger partial charge in [-0.05, 0) is 6.42 Å². The molecule has 0 radical (unpaired) electrons. The average molecular weight is 335 g/mol. The third-order valence-corrected chi connectivity index (χ3v) is 5.91. The van der Waals surface area contributed by atoms with Crippen LogP contribution in [0.1, 0.15) is 18.2 Å². The monoisotopic (exact) mass is 335 g/mol. The maximum absolute atomic E-state index is 11.6. The summed E-state index contributed by atoms with van der Waals surface area (Å²) in [4.78, 5) is 10.7. The predicted molar refractivity (Wildman–Crippen MR) is 76.3 cm³/mol. The quantitative estimate of drug-likeness (QED) is 0.693. The third-order valence-electron chi connectivity index (χ3n) is 3.19. The van der Waals surface area contributed by atoms with Crippen molar-refractivity contribution < 1.29 is 23.1 Å². The molecule has 8 nitrogen and oxygen atoms in total. The first-order valence-corrected chi connectivity index (χ1v) is 9.20. The van der Waals surface area contributed by atoms with Crippen molar-refractivity contribution in [3.05, 3.63) is 5.82 Å². The largest absolute Gasteiger partial charge is 0.481 e. The number of carbonyl (C=O) groups is 1. The van der Waals surface area contributed by atoms with Crippen LogP contribution in [0, 0.1) is 0 Å². The van der Waals surface area contributed by atoms with Crippen LogP contribution in [0.5, 0.6) is 0 Å². The zero-order valence-electron chi connectivity index (χ0n) is 11.6. The van der Waals surface area contributed by atoms with Crippen molar-refractivity contribution >= 4 is 27.6 Å². The molecule has 2 heterocycles. The van der Waals surface area contributed by atoms with Crippen molar-refractivity contribution in [1.82, 2.24) is 14.8 Å². The molecule has 1 aliphatic heterocycles. The van der Waals surface area contributed by atoms with Gasteiger partial charge < -0.3 is 14.4 Å². The van der Waals surface area contributed by atoms with E-state index >= 15 is 0 Å². The molecule has 0 spiro atoms. The van der Waals surface area contributed by atoms with Crippen molar-refractivity contribution in [3.8, 4) is 0 Å². The van der Waals surface area contributed by atoms with Gasteiger partial charge in [0.05, 0.1) is 23.9 Å². The van der Waals surface area contributed by atoms with Crippen molar-refractivity contribution in [3.63, 3.8) is 0 Å². The van der Waals surface area contributed by atoms with Crippen LogP contribution >= 0.6 is 11.8 Å². The van der Waals surface area contributed by atoms with E-state index in [4.69, 9.17) is 9.84 Å². The van der Waals surface area contributed by atoms with E-state index in [-0.39, 0.29) is 23.2 Å². The first-order chi connectivity index (χ1) is 9.93. The van der Waals surface area contributed by atoms with Crippen molar-refractivity contribution in [2.45, 2.75) is 24.0 Å². The molecule has 1 atom stereocenters. The maximum Gasteiger partial charge on any atom is 0.313 e. The van der Waals surface area contributed by atoms with Crippen LogP contribution in [0.3, 0.4) is 0 Å². The fourth-order valence-corrected chi connectivity index (χ4v) is 4.66. The highest BCUT2D eigenvalue weighted by atomic mass is 32.2. The summed E-state index contributed by atoms with van der Waals surface area (Å²) in [6.45, 7) is 0.891. The summed E-state index contributed by atoms with van der Waals surface area (Å²) in [6.07, 6.45) is 0.525. The number of nitrogens with zero attached hydrogens (tertiary/aromatic N) is 3. The molecule has 10 heteroatoms. The van der Waals surface area contributed by atoms with E-state index < -0.39 is 15.8 Å². The molecule has 2 rings (SSSR count). The number of sulfone groups is 1. The second-order valence-corrected chi connectivity index (χ2v) is 7.94. The first-order valence-electron chi connectivity index (χ1n) is 6.40. The van der Waals surface area contributed by atoms with Crippen molar-refractivity contribution in [1.29, 1.82) is 0 Å². The Morgan fingerprint density at radius 3 is 2.86 bits per heavy atom. The molecular formula is C11H17N3O5S2. The molecule has 1 aromatic rings. The number of methoxy groups -OCH3 is 1. The van der Waals surface area contributed by atoms with Crippen LogP contribution in [0.4, 0.5) is 0 Å². The third kappa shape index (κ3) is 4.17. The van der Waals surface area contributed by atoms with Gasteiger partial charge >= 0.3 is 5.97 Å². The highest BCUT2D eigenvalue weighted by molar-refractivity contribution is 7.99. The second kappa shape index (κ2) is 6.75. The Labute approximate surface area is 126 Å². The molecule has 0 saturated carbocycles. The molecule has 21 heavy (non-hydrogen) atoms. The summed E-state index contributed by atoms with van der Waals surface area (Å²) in [5.74, 6) is -0.409.